The topological polar surface area (TPSA) is 42.0 Å². The zero-order valence-corrected chi connectivity index (χ0v) is 11.5. The first-order chi connectivity index (χ1) is 8.56. The van der Waals surface area contributed by atoms with Gasteiger partial charge in [0.25, 0.3) is 5.91 Å². The molecule has 0 atom stereocenters. The molecule has 0 aliphatic heterocycles. The van der Waals surface area contributed by atoms with Gasteiger partial charge >= 0.3 is 0 Å². The number of carbonyl (C=O) groups excluding carboxylic acids is 1. The SMILES string of the molecule is Cc1cnc(C)c(C(=O)NC2CCC(C)CC2)c1. The predicted molar refractivity (Wildman–Crippen MR) is 72.6 cm³/mol. The Morgan fingerprint density at radius 1 is 1.28 bits per heavy atom. The van der Waals surface area contributed by atoms with Crippen LogP contribution in [0.15, 0.2) is 12.3 Å². The second-order valence-electron chi connectivity index (χ2n) is 5.58. The van der Waals surface area contributed by atoms with Crippen LogP contribution in [-0.2, 0) is 0 Å². The molecular weight excluding hydrogens is 224 g/mol. The minimum Gasteiger partial charge on any atom is -0.349 e. The van der Waals surface area contributed by atoms with Gasteiger partial charge in [-0.05, 0) is 57.1 Å². The molecule has 0 bridgehead atoms. The van der Waals surface area contributed by atoms with Crippen molar-refractivity contribution in [3.05, 3.63) is 29.1 Å². The maximum Gasteiger partial charge on any atom is 0.253 e. The normalized spacial score (nSPS) is 23.7. The van der Waals surface area contributed by atoms with E-state index in [2.05, 4.69) is 17.2 Å². The molecule has 98 valence electrons. The van der Waals surface area contributed by atoms with Crippen molar-refractivity contribution < 1.29 is 4.79 Å². The fourth-order valence-corrected chi connectivity index (χ4v) is 2.53. The molecule has 1 amide bonds. The van der Waals surface area contributed by atoms with E-state index in [4.69, 9.17) is 0 Å². The molecule has 1 aliphatic rings. The van der Waals surface area contributed by atoms with Crippen molar-refractivity contribution in [3.8, 4) is 0 Å². The maximum atomic E-state index is 12.2. The number of aryl methyl sites for hydroxylation is 2. The summed E-state index contributed by atoms with van der Waals surface area (Å²) in [5, 5.41) is 3.14. The number of carbonyl (C=O) groups is 1. The highest BCUT2D eigenvalue weighted by Gasteiger charge is 2.21. The lowest BCUT2D eigenvalue weighted by Crippen LogP contribution is -2.37. The lowest BCUT2D eigenvalue weighted by atomic mass is 9.87. The van der Waals surface area contributed by atoms with Gasteiger partial charge in [0.05, 0.1) is 5.56 Å². The van der Waals surface area contributed by atoms with Gasteiger partial charge in [0.2, 0.25) is 0 Å². The minimum absolute atomic E-state index is 0.0308. The van der Waals surface area contributed by atoms with Crippen LogP contribution in [0.25, 0.3) is 0 Å². The van der Waals surface area contributed by atoms with Gasteiger partial charge in [-0.2, -0.15) is 0 Å². The third-order valence-electron chi connectivity index (χ3n) is 3.82. The van der Waals surface area contributed by atoms with Gasteiger partial charge < -0.3 is 5.32 Å². The summed E-state index contributed by atoms with van der Waals surface area (Å²) in [6.07, 6.45) is 6.44. The Balaban J connectivity index is 2.01. The molecule has 1 aromatic rings. The second kappa shape index (κ2) is 5.51. The van der Waals surface area contributed by atoms with Crippen LogP contribution in [0.4, 0.5) is 0 Å². The number of hydrogen-bond acceptors (Lipinski definition) is 2. The van der Waals surface area contributed by atoms with E-state index >= 15 is 0 Å². The maximum absolute atomic E-state index is 12.2. The fourth-order valence-electron chi connectivity index (χ4n) is 2.53. The minimum atomic E-state index is 0.0308. The van der Waals surface area contributed by atoms with Crippen LogP contribution in [0, 0.1) is 19.8 Å². The van der Waals surface area contributed by atoms with Gasteiger partial charge in [0.15, 0.2) is 0 Å². The number of aromatic nitrogens is 1. The van der Waals surface area contributed by atoms with Gasteiger partial charge in [-0.3, -0.25) is 9.78 Å². The van der Waals surface area contributed by atoms with E-state index in [1.54, 1.807) is 6.20 Å². The molecule has 0 saturated heterocycles. The zero-order valence-electron chi connectivity index (χ0n) is 11.5. The average molecular weight is 246 g/mol. The number of pyridine rings is 1. The monoisotopic (exact) mass is 246 g/mol. The molecule has 3 nitrogen and oxygen atoms in total. The van der Waals surface area contributed by atoms with Gasteiger partial charge in [0.1, 0.15) is 0 Å². The molecule has 1 fully saturated rings. The molecule has 0 radical (unpaired) electrons. The summed E-state index contributed by atoms with van der Waals surface area (Å²) in [5.41, 5.74) is 2.55. The van der Waals surface area contributed by atoms with Crippen molar-refractivity contribution in [2.75, 3.05) is 0 Å². The predicted octanol–water partition coefficient (Wildman–Crippen LogP) is 3.01. The van der Waals surface area contributed by atoms with Crippen molar-refractivity contribution in [3.63, 3.8) is 0 Å². The van der Waals surface area contributed by atoms with Crippen LogP contribution >= 0.6 is 0 Å². The molecule has 3 heteroatoms. The zero-order chi connectivity index (χ0) is 13.1. The molecule has 0 unspecified atom stereocenters. The van der Waals surface area contributed by atoms with Gasteiger partial charge in [0, 0.05) is 17.9 Å². The molecule has 0 spiro atoms. The highest BCUT2D eigenvalue weighted by molar-refractivity contribution is 5.95. The molecular formula is C15H22N2O. The first kappa shape index (κ1) is 13.1. The van der Waals surface area contributed by atoms with E-state index < -0.39 is 0 Å². The summed E-state index contributed by atoms with van der Waals surface area (Å²) >= 11 is 0. The first-order valence-electron chi connectivity index (χ1n) is 6.80. The lowest BCUT2D eigenvalue weighted by Gasteiger charge is -2.27. The van der Waals surface area contributed by atoms with Crippen LogP contribution in [0.5, 0.6) is 0 Å². The fraction of sp³-hybridized carbons (Fsp3) is 0.600. The van der Waals surface area contributed by atoms with Crippen molar-refractivity contribution in [2.24, 2.45) is 5.92 Å². The van der Waals surface area contributed by atoms with Gasteiger partial charge in [-0.1, -0.05) is 6.92 Å². The Morgan fingerprint density at radius 3 is 2.61 bits per heavy atom. The molecule has 1 saturated carbocycles. The molecule has 2 rings (SSSR count). The van der Waals surface area contributed by atoms with E-state index in [0.29, 0.717) is 11.6 Å². The number of hydrogen-bond donors (Lipinski definition) is 1. The summed E-state index contributed by atoms with van der Waals surface area (Å²) in [7, 11) is 0. The van der Waals surface area contributed by atoms with Crippen molar-refractivity contribution in [2.45, 2.75) is 52.5 Å². The molecule has 1 heterocycles. The van der Waals surface area contributed by atoms with Crippen LogP contribution in [0.1, 0.15) is 54.2 Å². The highest BCUT2D eigenvalue weighted by atomic mass is 16.1. The van der Waals surface area contributed by atoms with Gasteiger partial charge in [-0.25, -0.2) is 0 Å². The van der Waals surface area contributed by atoms with E-state index in [1.807, 2.05) is 19.9 Å². The summed E-state index contributed by atoms with van der Waals surface area (Å²) in [4.78, 5) is 16.5. The summed E-state index contributed by atoms with van der Waals surface area (Å²) in [6.45, 7) is 6.13. The van der Waals surface area contributed by atoms with Crippen LogP contribution < -0.4 is 5.32 Å². The Morgan fingerprint density at radius 2 is 1.94 bits per heavy atom. The van der Waals surface area contributed by atoms with E-state index in [0.717, 1.165) is 30.0 Å². The largest absolute Gasteiger partial charge is 0.349 e. The second-order valence-corrected chi connectivity index (χ2v) is 5.58. The number of rotatable bonds is 2. The summed E-state index contributed by atoms with van der Waals surface area (Å²) in [5.74, 6) is 0.837. The third kappa shape index (κ3) is 3.09. The highest BCUT2D eigenvalue weighted by Crippen LogP contribution is 2.23. The van der Waals surface area contributed by atoms with Crippen molar-refractivity contribution >= 4 is 5.91 Å². The van der Waals surface area contributed by atoms with Crippen molar-refractivity contribution in [1.29, 1.82) is 0 Å². The smallest absolute Gasteiger partial charge is 0.253 e. The molecule has 1 aromatic heterocycles. The van der Waals surface area contributed by atoms with Crippen LogP contribution in [-0.4, -0.2) is 16.9 Å². The Bertz CT molecular complexity index is 434. The number of nitrogens with one attached hydrogen (secondary N) is 1. The van der Waals surface area contributed by atoms with E-state index in [9.17, 15) is 4.79 Å². The lowest BCUT2D eigenvalue weighted by molar-refractivity contribution is 0.0922. The summed E-state index contributed by atoms with van der Waals surface area (Å²) in [6, 6.07) is 2.26. The molecule has 1 aliphatic carbocycles. The average Bonchev–Trinajstić information content (AvgIpc) is 2.35. The van der Waals surface area contributed by atoms with Crippen molar-refractivity contribution in [1.82, 2.24) is 10.3 Å². The third-order valence-corrected chi connectivity index (χ3v) is 3.82. The molecule has 0 aromatic carbocycles. The Labute approximate surface area is 109 Å². The van der Waals surface area contributed by atoms with Gasteiger partial charge in [-0.15, -0.1) is 0 Å². The molecule has 18 heavy (non-hydrogen) atoms. The molecule has 1 N–H and O–H groups in total. The van der Waals surface area contributed by atoms with Crippen LogP contribution in [0.2, 0.25) is 0 Å². The van der Waals surface area contributed by atoms with Crippen LogP contribution in [0.3, 0.4) is 0 Å². The Kier molecular flexibility index (Phi) is 4.00. The van der Waals surface area contributed by atoms with E-state index in [1.165, 1.54) is 12.8 Å². The summed E-state index contributed by atoms with van der Waals surface area (Å²) < 4.78 is 0. The first-order valence-corrected chi connectivity index (χ1v) is 6.80. The number of amides is 1. The Hall–Kier alpha value is -1.38. The van der Waals surface area contributed by atoms with E-state index in [-0.39, 0.29) is 5.91 Å². The quantitative estimate of drug-likeness (QED) is 0.871. The number of nitrogens with zero attached hydrogens (tertiary/aromatic N) is 1. The standard InChI is InChI=1S/C15H22N2O/c1-10-4-6-13(7-5-10)17-15(18)14-8-11(2)9-16-12(14)3/h8-10,13H,4-7H2,1-3H3,(H,17,18).